The maximum atomic E-state index is 14.5. The van der Waals surface area contributed by atoms with Crippen molar-refractivity contribution in [1.82, 2.24) is 39.5 Å². The summed E-state index contributed by atoms with van der Waals surface area (Å²) in [7, 11) is 1.86. The number of likely N-dealkylation sites (tertiary alicyclic amines) is 1. The molecular formula is C25H23FN8O. The first-order valence-corrected chi connectivity index (χ1v) is 11.3. The van der Waals surface area contributed by atoms with Crippen molar-refractivity contribution in [1.29, 1.82) is 0 Å². The van der Waals surface area contributed by atoms with Gasteiger partial charge in [0, 0.05) is 62.3 Å². The molecule has 4 aromatic heterocycles. The van der Waals surface area contributed by atoms with Crippen LogP contribution in [0.5, 0.6) is 5.75 Å². The van der Waals surface area contributed by atoms with Gasteiger partial charge in [-0.3, -0.25) is 9.58 Å². The molecule has 0 radical (unpaired) electrons. The fourth-order valence-corrected chi connectivity index (χ4v) is 4.55. The van der Waals surface area contributed by atoms with Crippen LogP contribution in [0.2, 0.25) is 0 Å². The number of hydrogen-bond acceptors (Lipinski definition) is 7. The summed E-state index contributed by atoms with van der Waals surface area (Å²) in [6.45, 7) is 4.37. The normalized spacial score (nSPS) is 14.5. The van der Waals surface area contributed by atoms with Gasteiger partial charge in [-0.1, -0.05) is 11.3 Å². The summed E-state index contributed by atoms with van der Waals surface area (Å²) >= 11 is 0. The van der Waals surface area contributed by atoms with Gasteiger partial charge in [0.1, 0.15) is 5.75 Å². The summed E-state index contributed by atoms with van der Waals surface area (Å²) in [6, 6.07) is 10.5. The van der Waals surface area contributed by atoms with E-state index in [0.29, 0.717) is 28.3 Å². The lowest BCUT2D eigenvalue weighted by Crippen LogP contribution is -2.44. The highest BCUT2D eigenvalue weighted by Gasteiger charge is 2.30. The van der Waals surface area contributed by atoms with Gasteiger partial charge in [0.2, 0.25) is 0 Å². The second kappa shape index (κ2) is 8.24. The number of phenols is 1. The van der Waals surface area contributed by atoms with Gasteiger partial charge in [0.25, 0.3) is 0 Å². The molecule has 0 aliphatic carbocycles. The molecule has 0 atom stereocenters. The van der Waals surface area contributed by atoms with E-state index < -0.39 is 5.82 Å². The molecule has 9 nitrogen and oxygen atoms in total. The Morgan fingerprint density at radius 1 is 1.00 bits per heavy atom. The molecule has 0 saturated carbocycles. The average Bonchev–Trinajstić information content (AvgIpc) is 3.40. The molecule has 1 N–H and O–H groups in total. The first-order valence-electron chi connectivity index (χ1n) is 11.3. The Morgan fingerprint density at radius 2 is 1.86 bits per heavy atom. The van der Waals surface area contributed by atoms with Gasteiger partial charge in [-0.25, -0.2) is 9.37 Å². The lowest BCUT2D eigenvalue weighted by Gasteiger charge is -2.38. The first kappa shape index (κ1) is 21.4. The quantitative estimate of drug-likeness (QED) is 0.421. The van der Waals surface area contributed by atoms with Crippen molar-refractivity contribution in [3.8, 4) is 28.1 Å². The van der Waals surface area contributed by atoms with E-state index in [1.807, 2.05) is 38.4 Å². The molecule has 5 aromatic rings. The molecule has 0 unspecified atom stereocenters. The summed E-state index contributed by atoms with van der Waals surface area (Å²) in [5, 5.41) is 27.6. The highest BCUT2D eigenvalue weighted by Crippen LogP contribution is 2.34. The second-order valence-electron chi connectivity index (χ2n) is 9.04. The number of hydrogen-bond donors (Lipinski definition) is 1. The minimum atomic E-state index is -0.410. The summed E-state index contributed by atoms with van der Waals surface area (Å²) in [5.74, 6) is -0.0293. The summed E-state index contributed by atoms with van der Waals surface area (Å²) in [4.78, 5) is 6.48. The second-order valence-corrected chi connectivity index (χ2v) is 9.04. The van der Waals surface area contributed by atoms with Crippen LogP contribution in [0.15, 0.2) is 55.0 Å². The monoisotopic (exact) mass is 470 g/mol. The predicted molar refractivity (Wildman–Crippen MR) is 127 cm³/mol. The number of rotatable bonds is 5. The van der Waals surface area contributed by atoms with E-state index in [-0.39, 0.29) is 11.4 Å². The van der Waals surface area contributed by atoms with E-state index in [2.05, 4.69) is 30.4 Å². The molecule has 176 valence electrons. The molecule has 0 amide bonds. The Balaban J connectivity index is 1.17. The topological polar surface area (TPSA) is 97.3 Å². The number of imidazole rings is 1. The molecule has 5 heterocycles. The number of nitrogens with zero attached hydrogens (tertiary/aromatic N) is 8. The van der Waals surface area contributed by atoms with Crippen molar-refractivity contribution in [3.05, 3.63) is 77.9 Å². The maximum absolute atomic E-state index is 14.5. The molecule has 0 spiro atoms. The zero-order valence-electron chi connectivity index (χ0n) is 19.3. The number of aromatic hydroxyl groups is 1. The van der Waals surface area contributed by atoms with Gasteiger partial charge in [-0.2, -0.15) is 10.2 Å². The van der Waals surface area contributed by atoms with Crippen LogP contribution in [0.4, 0.5) is 4.39 Å². The zero-order valence-corrected chi connectivity index (χ0v) is 19.3. The number of benzene rings is 1. The van der Waals surface area contributed by atoms with E-state index >= 15 is 0 Å². The van der Waals surface area contributed by atoms with Crippen LogP contribution in [0.1, 0.15) is 23.0 Å². The Morgan fingerprint density at radius 3 is 2.57 bits per heavy atom. The SMILES string of the molecule is Cc1cn2cc(-c3ccc(-c4ccc(C5CN(Cc6cn(C)nn6)C5)nn4)c(O)c3)cc(F)c2n1. The van der Waals surface area contributed by atoms with Crippen LogP contribution >= 0.6 is 0 Å². The minimum absolute atomic E-state index is 0.0608. The fourth-order valence-electron chi connectivity index (χ4n) is 4.55. The smallest absolute Gasteiger partial charge is 0.173 e. The summed E-state index contributed by atoms with van der Waals surface area (Å²) < 4.78 is 17.8. The van der Waals surface area contributed by atoms with Crippen LogP contribution in [-0.4, -0.2) is 57.7 Å². The van der Waals surface area contributed by atoms with E-state index in [4.69, 9.17) is 0 Å². The average molecular weight is 471 g/mol. The van der Waals surface area contributed by atoms with Crippen LogP contribution < -0.4 is 0 Å². The van der Waals surface area contributed by atoms with Gasteiger partial charge >= 0.3 is 0 Å². The fraction of sp³-hybridized carbons (Fsp3) is 0.240. The number of pyridine rings is 1. The molecule has 10 heteroatoms. The third-order valence-corrected chi connectivity index (χ3v) is 6.33. The molecule has 1 aromatic carbocycles. The molecule has 1 aliphatic rings. The van der Waals surface area contributed by atoms with Crippen molar-refractivity contribution in [3.63, 3.8) is 0 Å². The van der Waals surface area contributed by atoms with Crippen molar-refractivity contribution in [2.75, 3.05) is 13.1 Å². The number of aryl methyl sites for hydroxylation is 2. The number of phenolic OH excluding ortho intramolecular Hbond substituents is 1. The largest absolute Gasteiger partial charge is 0.507 e. The molecule has 1 fully saturated rings. The van der Waals surface area contributed by atoms with E-state index in [1.165, 1.54) is 6.07 Å². The molecule has 35 heavy (non-hydrogen) atoms. The minimum Gasteiger partial charge on any atom is -0.507 e. The number of halogens is 1. The third-order valence-electron chi connectivity index (χ3n) is 6.33. The third kappa shape index (κ3) is 4.01. The van der Waals surface area contributed by atoms with Crippen molar-refractivity contribution in [2.45, 2.75) is 19.4 Å². The molecule has 6 rings (SSSR count). The van der Waals surface area contributed by atoms with Gasteiger partial charge in [0.05, 0.1) is 22.8 Å². The lowest BCUT2D eigenvalue weighted by molar-refractivity contribution is 0.135. The molecular weight excluding hydrogens is 447 g/mol. The molecule has 1 saturated heterocycles. The van der Waals surface area contributed by atoms with Crippen molar-refractivity contribution >= 4 is 5.65 Å². The Hall–Kier alpha value is -4.18. The Bertz CT molecular complexity index is 1540. The van der Waals surface area contributed by atoms with Crippen LogP contribution in [0.25, 0.3) is 28.0 Å². The summed E-state index contributed by atoms with van der Waals surface area (Å²) in [6.07, 6.45) is 5.49. The van der Waals surface area contributed by atoms with Gasteiger partial charge in [-0.15, -0.1) is 5.10 Å². The van der Waals surface area contributed by atoms with Gasteiger partial charge < -0.3 is 9.51 Å². The van der Waals surface area contributed by atoms with E-state index in [9.17, 15) is 9.50 Å². The number of aromatic nitrogens is 7. The van der Waals surface area contributed by atoms with E-state index in [1.54, 1.807) is 33.6 Å². The molecule has 1 aliphatic heterocycles. The van der Waals surface area contributed by atoms with Crippen LogP contribution in [0, 0.1) is 12.7 Å². The summed E-state index contributed by atoms with van der Waals surface area (Å²) in [5.41, 5.74) is 5.40. The van der Waals surface area contributed by atoms with Crippen LogP contribution in [-0.2, 0) is 13.6 Å². The van der Waals surface area contributed by atoms with Gasteiger partial charge in [0.15, 0.2) is 11.5 Å². The predicted octanol–water partition coefficient (Wildman–Crippen LogP) is 3.34. The Kier molecular flexibility index (Phi) is 5.03. The van der Waals surface area contributed by atoms with Crippen molar-refractivity contribution in [2.24, 2.45) is 7.05 Å². The van der Waals surface area contributed by atoms with E-state index in [0.717, 1.165) is 36.7 Å². The lowest BCUT2D eigenvalue weighted by atomic mass is 9.95. The maximum Gasteiger partial charge on any atom is 0.173 e. The number of fused-ring (bicyclic) bond motifs is 1. The van der Waals surface area contributed by atoms with Crippen LogP contribution in [0.3, 0.4) is 0 Å². The van der Waals surface area contributed by atoms with Gasteiger partial charge in [-0.05, 0) is 42.8 Å². The highest BCUT2D eigenvalue weighted by molar-refractivity contribution is 5.74. The Labute approximate surface area is 200 Å². The highest BCUT2D eigenvalue weighted by atomic mass is 19.1. The van der Waals surface area contributed by atoms with Crippen molar-refractivity contribution < 1.29 is 9.50 Å². The zero-order chi connectivity index (χ0) is 24.1. The molecule has 0 bridgehead atoms. The standard InChI is InChI=1S/C25H23FN8O/c1-15-9-34-12-17(7-21(26)25(34)27-15)16-3-4-20(24(35)8-16)23-6-5-22(29-30-23)18-10-33(11-18)14-19-13-32(2)31-28-19/h3-9,12-13,18,35H,10-11,14H2,1-2H3. The first-order chi connectivity index (χ1) is 16.9.